The van der Waals surface area contributed by atoms with Crippen LogP contribution in [0.5, 0.6) is 0 Å². The maximum atomic E-state index is 10.6. The average Bonchev–Trinajstić information content (AvgIpc) is 2.19. The van der Waals surface area contributed by atoms with Gasteiger partial charge in [-0.25, -0.2) is 5.43 Å². The van der Waals surface area contributed by atoms with E-state index in [1.54, 1.807) is 6.07 Å². The smallest absolute Gasteiger partial charge is 0.274 e. The fourth-order valence-electron chi connectivity index (χ4n) is 0.948. The van der Waals surface area contributed by atoms with Crippen LogP contribution in [0, 0.1) is 10.1 Å². The molecular formula is C9H8ClN3O3. The average molecular weight is 242 g/mol. The second-order valence-electron chi connectivity index (χ2n) is 2.89. The third kappa shape index (κ3) is 3.32. The van der Waals surface area contributed by atoms with Crippen LogP contribution in [-0.2, 0) is 4.79 Å². The molecule has 0 aliphatic rings. The molecule has 0 aliphatic carbocycles. The number of nitrogens with one attached hydrogen (secondary N) is 1. The first-order chi connectivity index (χ1) is 7.50. The Morgan fingerprint density at radius 3 is 2.88 bits per heavy atom. The van der Waals surface area contributed by atoms with E-state index in [2.05, 4.69) is 10.5 Å². The van der Waals surface area contributed by atoms with E-state index in [0.29, 0.717) is 5.56 Å². The van der Waals surface area contributed by atoms with Crippen LogP contribution in [0.4, 0.5) is 5.69 Å². The number of carbonyl (C=O) groups is 1. The minimum Gasteiger partial charge on any atom is -0.274 e. The van der Waals surface area contributed by atoms with Gasteiger partial charge in [0.2, 0.25) is 5.91 Å². The molecule has 0 aromatic heterocycles. The highest BCUT2D eigenvalue weighted by molar-refractivity contribution is 6.32. The number of rotatable bonds is 3. The maximum absolute atomic E-state index is 10.6. The zero-order valence-corrected chi connectivity index (χ0v) is 9.06. The molecule has 0 saturated carbocycles. The zero-order chi connectivity index (χ0) is 12.1. The summed E-state index contributed by atoms with van der Waals surface area (Å²) in [5.41, 5.74) is 2.46. The molecule has 6 nitrogen and oxygen atoms in total. The lowest BCUT2D eigenvalue weighted by Crippen LogP contribution is -2.12. The van der Waals surface area contributed by atoms with Crippen molar-refractivity contribution in [3.63, 3.8) is 0 Å². The second-order valence-corrected chi connectivity index (χ2v) is 3.30. The Labute approximate surface area is 96.1 Å². The summed E-state index contributed by atoms with van der Waals surface area (Å²) in [4.78, 5) is 20.5. The molecule has 1 amide bonds. The van der Waals surface area contributed by atoms with Gasteiger partial charge in [0.05, 0.1) is 11.1 Å². The molecule has 7 heteroatoms. The lowest BCUT2D eigenvalue weighted by Gasteiger charge is -1.97. The van der Waals surface area contributed by atoms with Crippen LogP contribution in [0.1, 0.15) is 12.5 Å². The molecule has 0 radical (unpaired) electrons. The van der Waals surface area contributed by atoms with Crippen LogP contribution in [0.15, 0.2) is 23.3 Å². The third-order valence-electron chi connectivity index (χ3n) is 1.60. The van der Waals surface area contributed by atoms with E-state index in [4.69, 9.17) is 11.6 Å². The largest absolute Gasteiger partial charge is 0.288 e. The number of carbonyl (C=O) groups excluding carboxylic acids is 1. The summed E-state index contributed by atoms with van der Waals surface area (Å²) in [6.07, 6.45) is 1.30. The first-order valence-corrected chi connectivity index (χ1v) is 4.62. The number of nitrogens with zero attached hydrogens (tertiary/aromatic N) is 2. The Morgan fingerprint density at radius 1 is 1.62 bits per heavy atom. The Kier molecular flexibility index (Phi) is 3.96. The van der Waals surface area contributed by atoms with Crippen molar-refractivity contribution in [2.75, 3.05) is 0 Å². The quantitative estimate of drug-likeness (QED) is 0.497. The van der Waals surface area contributed by atoms with Crippen molar-refractivity contribution in [3.8, 4) is 0 Å². The number of nitro groups is 1. The molecule has 84 valence electrons. The first kappa shape index (κ1) is 12.1. The molecule has 0 atom stereocenters. The van der Waals surface area contributed by atoms with Gasteiger partial charge in [-0.3, -0.25) is 14.9 Å². The van der Waals surface area contributed by atoms with Crippen LogP contribution in [0.25, 0.3) is 0 Å². The molecule has 1 aromatic rings. The predicted molar refractivity (Wildman–Crippen MR) is 59.5 cm³/mol. The second kappa shape index (κ2) is 5.22. The molecule has 1 rings (SSSR count). The van der Waals surface area contributed by atoms with Gasteiger partial charge in [-0.05, 0) is 6.07 Å². The molecule has 0 saturated heterocycles. The van der Waals surface area contributed by atoms with Gasteiger partial charge >= 0.3 is 0 Å². The van der Waals surface area contributed by atoms with Crippen molar-refractivity contribution in [3.05, 3.63) is 38.9 Å². The zero-order valence-electron chi connectivity index (χ0n) is 8.31. The van der Waals surface area contributed by atoms with E-state index in [-0.39, 0.29) is 16.6 Å². The summed E-state index contributed by atoms with van der Waals surface area (Å²) in [6, 6.07) is 4.23. The maximum Gasteiger partial charge on any atom is 0.288 e. The summed E-state index contributed by atoms with van der Waals surface area (Å²) in [6.45, 7) is 1.31. The van der Waals surface area contributed by atoms with Crippen molar-refractivity contribution in [2.45, 2.75) is 6.92 Å². The summed E-state index contributed by atoms with van der Waals surface area (Å²) < 4.78 is 0. The van der Waals surface area contributed by atoms with Crippen LogP contribution >= 0.6 is 11.6 Å². The first-order valence-electron chi connectivity index (χ1n) is 4.24. The monoisotopic (exact) mass is 241 g/mol. The molecule has 0 heterocycles. The Balaban J connectivity index is 2.91. The van der Waals surface area contributed by atoms with Crippen molar-refractivity contribution in [1.29, 1.82) is 0 Å². The number of halogens is 1. The lowest BCUT2D eigenvalue weighted by atomic mass is 10.2. The summed E-state index contributed by atoms with van der Waals surface area (Å²) in [5, 5.41) is 14.2. The summed E-state index contributed by atoms with van der Waals surface area (Å²) >= 11 is 5.62. The topological polar surface area (TPSA) is 84.6 Å². The number of nitro benzene ring substituents is 1. The molecule has 0 spiro atoms. The van der Waals surface area contributed by atoms with Gasteiger partial charge in [-0.1, -0.05) is 17.7 Å². The number of amides is 1. The molecule has 1 aromatic carbocycles. The van der Waals surface area contributed by atoms with Gasteiger partial charge in [-0.2, -0.15) is 5.10 Å². The van der Waals surface area contributed by atoms with Crippen LogP contribution in [0.2, 0.25) is 5.02 Å². The van der Waals surface area contributed by atoms with E-state index in [1.165, 1.54) is 25.3 Å². The molecule has 0 bridgehead atoms. The fraction of sp³-hybridized carbons (Fsp3) is 0.111. The molecular weight excluding hydrogens is 234 g/mol. The molecule has 1 N–H and O–H groups in total. The third-order valence-corrected chi connectivity index (χ3v) is 1.92. The van der Waals surface area contributed by atoms with Gasteiger partial charge in [0.15, 0.2) is 0 Å². The number of hydrogen-bond acceptors (Lipinski definition) is 4. The van der Waals surface area contributed by atoms with Gasteiger partial charge in [-0.15, -0.1) is 0 Å². The van der Waals surface area contributed by atoms with Crippen LogP contribution in [-0.4, -0.2) is 17.0 Å². The van der Waals surface area contributed by atoms with E-state index >= 15 is 0 Å². The number of benzene rings is 1. The van der Waals surface area contributed by atoms with E-state index in [9.17, 15) is 14.9 Å². The summed E-state index contributed by atoms with van der Waals surface area (Å²) in [5.74, 6) is -0.320. The lowest BCUT2D eigenvalue weighted by molar-refractivity contribution is -0.384. The van der Waals surface area contributed by atoms with Crippen molar-refractivity contribution >= 4 is 29.4 Å². The van der Waals surface area contributed by atoms with Gasteiger partial charge < -0.3 is 0 Å². The normalized spacial score (nSPS) is 10.4. The molecule has 0 unspecified atom stereocenters. The van der Waals surface area contributed by atoms with Gasteiger partial charge in [0.1, 0.15) is 5.02 Å². The van der Waals surface area contributed by atoms with Gasteiger partial charge in [0, 0.05) is 18.6 Å². The minimum absolute atomic E-state index is 0.0571. The van der Waals surface area contributed by atoms with E-state index in [1.807, 2.05) is 0 Å². The molecule has 0 aliphatic heterocycles. The number of hydrogen-bond donors (Lipinski definition) is 1. The predicted octanol–water partition coefficient (Wildman–Crippen LogP) is 1.72. The van der Waals surface area contributed by atoms with E-state index in [0.717, 1.165) is 0 Å². The molecule has 0 fully saturated rings. The highest BCUT2D eigenvalue weighted by Gasteiger charge is 2.11. The highest BCUT2D eigenvalue weighted by atomic mass is 35.5. The Hall–Kier alpha value is -1.95. The molecule has 16 heavy (non-hydrogen) atoms. The highest BCUT2D eigenvalue weighted by Crippen LogP contribution is 2.24. The fourth-order valence-corrected chi connectivity index (χ4v) is 1.13. The SMILES string of the molecule is CC(=O)N/N=C/c1ccc(Cl)c([N+](=O)[O-])c1. The van der Waals surface area contributed by atoms with Crippen molar-refractivity contribution < 1.29 is 9.72 Å². The summed E-state index contributed by atoms with van der Waals surface area (Å²) in [7, 11) is 0. The standard InChI is InChI=1S/C9H8ClN3O3/c1-6(14)12-11-5-7-2-3-8(10)9(4-7)13(15)16/h2-5H,1H3,(H,12,14)/b11-5+. The van der Waals surface area contributed by atoms with Crippen molar-refractivity contribution in [1.82, 2.24) is 5.43 Å². The van der Waals surface area contributed by atoms with Crippen LogP contribution < -0.4 is 5.43 Å². The van der Waals surface area contributed by atoms with E-state index < -0.39 is 4.92 Å². The van der Waals surface area contributed by atoms with Gasteiger partial charge in [0.25, 0.3) is 5.69 Å². The number of hydrazone groups is 1. The minimum atomic E-state index is -0.585. The van der Waals surface area contributed by atoms with Crippen molar-refractivity contribution in [2.24, 2.45) is 5.10 Å². The Bertz CT molecular complexity index is 459. The van der Waals surface area contributed by atoms with Crippen LogP contribution in [0.3, 0.4) is 0 Å². The Morgan fingerprint density at radius 2 is 2.31 bits per heavy atom.